The van der Waals surface area contributed by atoms with Crippen molar-refractivity contribution in [3.05, 3.63) is 29.6 Å². The van der Waals surface area contributed by atoms with E-state index >= 15 is 0 Å². The fraction of sp³-hybridized carbons (Fsp3) is 0.500. The van der Waals surface area contributed by atoms with Gasteiger partial charge in [0.05, 0.1) is 30.6 Å². The normalized spacial score (nSPS) is 16.4. The van der Waals surface area contributed by atoms with Gasteiger partial charge in [0, 0.05) is 13.1 Å². The van der Waals surface area contributed by atoms with Crippen molar-refractivity contribution in [2.75, 3.05) is 31.2 Å². The highest BCUT2D eigenvalue weighted by atomic mass is 19.1. The molecule has 1 aromatic rings. The molecule has 1 heterocycles. The first-order valence-corrected chi connectivity index (χ1v) is 6.73. The Morgan fingerprint density at radius 3 is 2.75 bits per heavy atom. The van der Waals surface area contributed by atoms with E-state index in [2.05, 4.69) is 0 Å². The van der Waals surface area contributed by atoms with Crippen molar-refractivity contribution in [2.45, 2.75) is 18.9 Å². The smallest absolute Gasteiger partial charge is 0.136 e. The minimum Gasteiger partial charge on any atom is -0.394 e. The van der Waals surface area contributed by atoms with E-state index < -0.39 is 5.82 Å². The number of aliphatic hydroxyl groups excluding tert-OH is 1. The van der Waals surface area contributed by atoms with Crippen LogP contribution in [0.1, 0.15) is 18.4 Å². The molecule has 1 aliphatic heterocycles. The summed E-state index contributed by atoms with van der Waals surface area (Å²) in [5, 5.41) is 16.3. The molecule has 0 atom stereocenters. The van der Waals surface area contributed by atoms with Gasteiger partial charge < -0.3 is 20.5 Å². The summed E-state index contributed by atoms with van der Waals surface area (Å²) in [6, 6.07) is 4.73. The zero-order valence-corrected chi connectivity index (χ0v) is 11.3. The van der Waals surface area contributed by atoms with E-state index in [1.54, 1.807) is 12.1 Å². The minimum absolute atomic E-state index is 0.0264. The van der Waals surface area contributed by atoms with Gasteiger partial charge in [0.15, 0.2) is 0 Å². The number of aliphatic hydroxyl groups is 1. The fourth-order valence-electron chi connectivity index (χ4n) is 2.53. The number of rotatable bonds is 5. The van der Waals surface area contributed by atoms with E-state index in [9.17, 15) is 4.39 Å². The van der Waals surface area contributed by atoms with Crippen LogP contribution in [0.4, 0.5) is 10.1 Å². The van der Waals surface area contributed by atoms with E-state index in [-0.39, 0.29) is 24.1 Å². The molecule has 2 rings (SSSR count). The maximum absolute atomic E-state index is 13.8. The summed E-state index contributed by atoms with van der Waals surface area (Å²) in [4.78, 5) is 2.03. The lowest BCUT2D eigenvalue weighted by molar-refractivity contribution is 0.0159. The third-order valence-electron chi connectivity index (χ3n) is 3.49. The van der Waals surface area contributed by atoms with E-state index in [0.29, 0.717) is 12.3 Å². The number of nitrogen functional groups attached to an aromatic ring is 1. The Labute approximate surface area is 117 Å². The van der Waals surface area contributed by atoms with Crippen molar-refractivity contribution in [2.24, 2.45) is 5.73 Å². The summed E-state index contributed by atoms with van der Waals surface area (Å²) in [6.07, 6.45) is 1.76. The summed E-state index contributed by atoms with van der Waals surface area (Å²) >= 11 is 0. The second-order valence-corrected chi connectivity index (χ2v) is 4.83. The lowest BCUT2D eigenvalue weighted by Gasteiger charge is -2.34. The molecule has 0 bridgehead atoms. The molecule has 0 aliphatic carbocycles. The average Bonchev–Trinajstić information content (AvgIpc) is 2.45. The lowest BCUT2D eigenvalue weighted by Crippen LogP contribution is -2.38. The van der Waals surface area contributed by atoms with Gasteiger partial charge in [-0.25, -0.2) is 4.39 Å². The molecule has 1 aromatic carbocycles. The summed E-state index contributed by atoms with van der Waals surface area (Å²) in [6.45, 7) is 1.82. The molecule has 6 heteroatoms. The van der Waals surface area contributed by atoms with E-state index in [4.69, 9.17) is 21.0 Å². The molecule has 1 saturated heterocycles. The molecule has 1 aliphatic rings. The molecule has 0 amide bonds. The summed E-state index contributed by atoms with van der Waals surface area (Å²) in [5.74, 6) is -0.717. The van der Waals surface area contributed by atoms with Crippen LogP contribution >= 0.6 is 0 Å². The molecule has 0 spiro atoms. The number of nitrogens with zero attached hydrogens (tertiary/aromatic N) is 1. The molecule has 0 saturated carbocycles. The van der Waals surface area contributed by atoms with Gasteiger partial charge in [-0.2, -0.15) is 0 Å². The summed E-state index contributed by atoms with van der Waals surface area (Å²) in [7, 11) is 0. The maximum Gasteiger partial charge on any atom is 0.136 e. The first-order chi connectivity index (χ1) is 9.63. The van der Waals surface area contributed by atoms with Crippen molar-refractivity contribution < 1.29 is 14.2 Å². The highest BCUT2D eigenvalue weighted by molar-refractivity contribution is 6.00. The highest BCUT2D eigenvalue weighted by Crippen LogP contribution is 2.26. The molecule has 110 valence electrons. The second-order valence-electron chi connectivity index (χ2n) is 4.83. The van der Waals surface area contributed by atoms with Crippen LogP contribution in [0, 0.1) is 11.2 Å². The first kappa shape index (κ1) is 14.7. The van der Waals surface area contributed by atoms with E-state index in [1.165, 1.54) is 6.07 Å². The second kappa shape index (κ2) is 6.67. The van der Waals surface area contributed by atoms with Crippen LogP contribution in [0.15, 0.2) is 18.2 Å². The molecule has 0 radical (unpaired) electrons. The maximum atomic E-state index is 13.8. The van der Waals surface area contributed by atoms with Crippen molar-refractivity contribution >= 4 is 11.5 Å². The number of nitrogens with one attached hydrogen (secondary N) is 1. The molecular weight excluding hydrogens is 261 g/mol. The number of piperidine rings is 1. The molecule has 20 heavy (non-hydrogen) atoms. The lowest BCUT2D eigenvalue weighted by atomic mass is 10.0. The Morgan fingerprint density at radius 1 is 1.45 bits per heavy atom. The number of nitrogens with two attached hydrogens (primary N) is 1. The SMILES string of the molecule is N=C(N)c1c(F)cccc1N1CCC(OCCO)CC1. The molecule has 1 fully saturated rings. The Hall–Kier alpha value is -1.66. The molecule has 0 aromatic heterocycles. The number of hydrogen-bond donors (Lipinski definition) is 3. The number of amidine groups is 1. The van der Waals surface area contributed by atoms with Crippen LogP contribution in [0.5, 0.6) is 0 Å². The number of hydrogen-bond acceptors (Lipinski definition) is 4. The van der Waals surface area contributed by atoms with Gasteiger partial charge in [-0.15, -0.1) is 0 Å². The third-order valence-corrected chi connectivity index (χ3v) is 3.49. The van der Waals surface area contributed by atoms with Crippen molar-refractivity contribution in [3.8, 4) is 0 Å². The van der Waals surface area contributed by atoms with Gasteiger partial charge >= 0.3 is 0 Å². The largest absolute Gasteiger partial charge is 0.394 e. The molecule has 5 nitrogen and oxygen atoms in total. The highest BCUT2D eigenvalue weighted by Gasteiger charge is 2.23. The third kappa shape index (κ3) is 3.26. The van der Waals surface area contributed by atoms with Crippen LogP contribution in [0.25, 0.3) is 0 Å². The van der Waals surface area contributed by atoms with Crippen LogP contribution in [-0.2, 0) is 4.74 Å². The number of benzene rings is 1. The standard InChI is InChI=1S/C14H20FN3O2/c15-11-2-1-3-12(13(11)14(16)17)18-6-4-10(5-7-18)20-9-8-19/h1-3,10,19H,4-9H2,(H3,16,17). The van der Waals surface area contributed by atoms with E-state index in [1.807, 2.05) is 4.90 Å². The van der Waals surface area contributed by atoms with Crippen molar-refractivity contribution in [3.63, 3.8) is 0 Å². The van der Waals surface area contributed by atoms with Gasteiger partial charge in [0.25, 0.3) is 0 Å². The predicted molar refractivity (Wildman–Crippen MR) is 75.7 cm³/mol. The number of ether oxygens (including phenoxy) is 1. The van der Waals surface area contributed by atoms with Crippen LogP contribution in [-0.4, -0.2) is 43.3 Å². The topological polar surface area (TPSA) is 82.6 Å². The van der Waals surface area contributed by atoms with Gasteiger partial charge in [-0.1, -0.05) is 6.07 Å². The average molecular weight is 281 g/mol. The van der Waals surface area contributed by atoms with Crippen LogP contribution < -0.4 is 10.6 Å². The van der Waals surface area contributed by atoms with Gasteiger partial charge in [0.1, 0.15) is 11.7 Å². The Kier molecular flexibility index (Phi) is 4.92. The molecule has 0 unspecified atom stereocenters. The van der Waals surface area contributed by atoms with Gasteiger partial charge in [0.2, 0.25) is 0 Å². The molecule has 4 N–H and O–H groups in total. The summed E-state index contributed by atoms with van der Waals surface area (Å²) in [5.41, 5.74) is 6.31. The Morgan fingerprint density at radius 2 is 2.15 bits per heavy atom. The predicted octanol–water partition coefficient (Wildman–Crippen LogP) is 1.09. The minimum atomic E-state index is -0.464. The summed E-state index contributed by atoms with van der Waals surface area (Å²) < 4.78 is 19.3. The van der Waals surface area contributed by atoms with Crippen LogP contribution in [0.2, 0.25) is 0 Å². The first-order valence-electron chi connectivity index (χ1n) is 6.73. The Balaban J connectivity index is 2.07. The Bertz CT molecular complexity index is 473. The van der Waals surface area contributed by atoms with Crippen molar-refractivity contribution in [1.29, 1.82) is 5.41 Å². The fourth-order valence-corrected chi connectivity index (χ4v) is 2.53. The van der Waals surface area contributed by atoms with Crippen LogP contribution in [0.3, 0.4) is 0 Å². The zero-order valence-electron chi connectivity index (χ0n) is 11.3. The number of anilines is 1. The monoisotopic (exact) mass is 281 g/mol. The molecular formula is C14H20FN3O2. The zero-order chi connectivity index (χ0) is 14.5. The quantitative estimate of drug-likeness (QED) is 0.557. The van der Waals surface area contributed by atoms with Gasteiger partial charge in [-0.3, -0.25) is 5.41 Å². The van der Waals surface area contributed by atoms with Crippen molar-refractivity contribution in [1.82, 2.24) is 0 Å². The van der Waals surface area contributed by atoms with E-state index in [0.717, 1.165) is 25.9 Å². The van der Waals surface area contributed by atoms with Gasteiger partial charge in [-0.05, 0) is 25.0 Å². The number of halogens is 1.